The first kappa shape index (κ1) is 67.4. The van der Waals surface area contributed by atoms with Gasteiger partial charge in [0.1, 0.15) is 0 Å². The summed E-state index contributed by atoms with van der Waals surface area (Å²) in [6, 6.07) is 0.316. The fraction of sp³-hybridized carbons (Fsp3) is 0.952. The summed E-state index contributed by atoms with van der Waals surface area (Å²) in [5.74, 6) is 2.03. The number of unbranched alkanes of at least 4 members (excludes halogenated alkanes) is 23. The summed E-state index contributed by atoms with van der Waals surface area (Å²) in [7, 11) is 4.26. The molecule has 0 saturated heterocycles. The van der Waals surface area contributed by atoms with Crippen LogP contribution in [-0.2, 0) is 23.9 Å². The number of carbonyl (C=O) groups excluding carboxylic acids is 3. The lowest BCUT2D eigenvalue weighted by Crippen LogP contribution is -2.43. The Labute approximate surface area is 431 Å². The van der Waals surface area contributed by atoms with Gasteiger partial charge >= 0.3 is 11.9 Å². The number of rotatable bonds is 54. The number of esters is 2. The third-order valence-corrected chi connectivity index (χ3v) is 15.1. The van der Waals surface area contributed by atoms with Crippen LogP contribution in [-0.4, -0.2) is 74.1 Å². The number of hydrogen-bond acceptors (Lipinski definition) is 6. The fourth-order valence-electron chi connectivity index (χ4n) is 10.3. The molecule has 69 heavy (non-hydrogen) atoms. The predicted octanol–water partition coefficient (Wildman–Crippen LogP) is 18.6. The number of nitrogens with zero attached hydrogens (tertiary/aromatic N) is 2. The van der Waals surface area contributed by atoms with Gasteiger partial charge in [-0.3, -0.25) is 14.4 Å². The average Bonchev–Trinajstić information content (AvgIpc) is 3.34. The van der Waals surface area contributed by atoms with E-state index >= 15 is 0 Å². The molecule has 0 aromatic heterocycles. The summed E-state index contributed by atoms with van der Waals surface area (Å²) in [6.07, 6.45) is 49.4. The van der Waals surface area contributed by atoms with Gasteiger partial charge in [-0.05, 0) is 115 Å². The van der Waals surface area contributed by atoms with Gasteiger partial charge < -0.3 is 19.3 Å². The smallest absolute Gasteiger partial charge is 0.305 e. The second-order valence-corrected chi connectivity index (χ2v) is 22.2. The van der Waals surface area contributed by atoms with Crippen LogP contribution in [0.4, 0.5) is 0 Å². The Morgan fingerprint density at radius 3 is 1.07 bits per heavy atom. The molecule has 0 heterocycles. The number of amides is 1. The zero-order valence-corrected chi connectivity index (χ0v) is 48.0. The molecule has 3 unspecified atom stereocenters. The van der Waals surface area contributed by atoms with Gasteiger partial charge in [0.2, 0.25) is 5.91 Å². The highest BCUT2D eigenvalue weighted by atomic mass is 16.5. The first-order valence-electron chi connectivity index (χ1n) is 30.9. The van der Waals surface area contributed by atoms with Gasteiger partial charge in [-0.15, -0.1) is 0 Å². The van der Waals surface area contributed by atoms with E-state index < -0.39 is 0 Å². The second-order valence-electron chi connectivity index (χ2n) is 22.2. The molecule has 410 valence electrons. The van der Waals surface area contributed by atoms with Gasteiger partial charge in [-0.2, -0.15) is 0 Å². The zero-order valence-electron chi connectivity index (χ0n) is 48.0. The zero-order chi connectivity index (χ0) is 50.8. The van der Waals surface area contributed by atoms with Crippen molar-refractivity contribution < 1.29 is 23.9 Å². The van der Waals surface area contributed by atoms with Crippen molar-refractivity contribution in [2.45, 2.75) is 324 Å². The molecule has 0 aliphatic rings. The first-order valence-corrected chi connectivity index (χ1v) is 30.9. The molecule has 0 fully saturated rings. The van der Waals surface area contributed by atoms with Crippen LogP contribution in [0, 0.1) is 17.8 Å². The van der Waals surface area contributed by atoms with Crippen LogP contribution in [0.2, 0.25) is 0 Å². The Morgan fingerprint density at radius 1 is 0.348 bits per heavy atom. The van der Waals surface area contributed by atoms with Crippen molar-refractivity contribution in [3.05, 3.63) is 0 Å². The van der Waals surface area contributed by atoms with Crippen molar-refractivity contribution >= 4 is 17.8 Å². The number of carbonyl (C=O) groups is 3. The molecule has 7 nitrogen and oxygen atoms in total. The molecule has 0 saturated carbocycles. The molecule has 0 aromatic rings. The highest BCUT2D eigenvalue weighted by Gasteiger charge is 2.26. The van der Waals surface area contributed by atoms with Crippen LogP contribution in [0.5, 0.6) is 0 Å². The van der Waals surface area contributed by atoms with Crippen molar-refractivity contribution in [2.24, 2.45) is 17.8 Å². The van der Waals surface area contributed by atoms with Crippen molar-refractivity contribution in [3.63, 3.8) is 0 Å². The Morgan fingerprint density at radius 2 is 0.667 bits per heavy atom. The third kappa shape index (κ3) is 43.7. The Hall–Kier alpha value is -1.63. The molecule has 3 atom stereocenters. The minimum absolute atomic E-state index is 0.00320. The minimum Gasteiger partial charge on any atom is -0.465 e. The quantitative estimate of drug-likeness (QED) is 0.0446. The van der Waals surface area contributed by atoms with Crippen LogP contribution >= 0.6 is 0 Å². The topological polar surface area (TPSA) is 76.2 Å². The van der Waals surface area contributed by atoms with Gasteiger partial charge in [-0.1, -0.05) is 221 Å². The van der Waals surface area contributed by atoms with Crippen LogP contribution in [0.15, 0.2) is 0 Å². The molecule has 0 aliphatic heterocycles. The van der Waals surface area contributed by atoms with Crippen molar-refractivity contribution in [1.29, 1.82) is 0 Å². The van der Waals surface area contributed by atoms with E-state index in [1.54, 1.807) is 0 Å². The SMILES string of the molecule is CCCCCCC(CCCC)COC(=O)CCCCCCCCC(CCCCCCCCC(=O)OCC(CCCC)CCCCCC)N(CC(CCCC)CCCCCC)C(=O)CCCCN(C)C. The largest absolute Gasteiger partial charge is 0.465 e. The van der Waals surface area contributed by atoms with Crippen LogP contribution in [0.25, 0.3) is 0 Å². The molecule has 0 aromatic carbocycles. The summed E-state index contributed by atoms with van der Waals surface area (Å²) < 4.78 is 11.6. The average molecular weight is 976 g/mol. The molecule has 0 rings (SSSR count). The number of ether oxygens (including phenoxy) is 2. The molecule has 0 N–H and O–H groups in total. The third-order valence-electron chi connectivity index (χ3n) is 15.1. The molecular formula is C62H122N2O5. The standard InChI is InChI=1S/C62H122N2O5/c1-9-15-21-32-44-56(41-18-12-4)53-64(60(65)49-39-40-52-63(7)8)59(47-35-28-24-26-30-37-50-61(66)68-54-57(42-19-13-5)45-33-22-16-10-2)48-36-29-25-27-31-38-51-62(67)69-55-58(43-20-14-6)46-34-23-17-11-3/h56-59H,9-55H2,1-8H3. The Bertz CT molecular complexity index is 1060. The molecule has 0 aliphatic carbocycles. The summed E-state index contributed by atoms with van der Waals surface area (Å²) >= 11 is 0. The molecule has 7 heteroatoms. The lowest BCUT2D eigenvalue weighted by molar-refractivity contribution is -0.146. The first-order chi connectivity index (χ1) is 33.6. The molecule has 0 bridgehead atoms. The van der Waals surface area contributed by atoms with Crippen molar-refractivity contribution in [3.8, 4) is 0 Å². The van der Waals surface area contributed by atoms with E-state index in [1.807, 2.05) is 0 Å². The van der Waals surface area contributed by atoms with Crippen LogP contribution in [0.3, 0.4) is 0 Å². The predicted molar refractivity (Wildman–Crippen MR) is 299 cm³/mol. The molecule has 0 radical (unpaired) electrons. The fourth-order valence-corrected chi connectivity index (χ4v) is 10.3. The van der Waals surface area contributed by atoms with E-state index in [0.29, 0.717) is 62.2 Å². The molecular weight excluding hydrogens is 853 g/mol. The van der Waals surface area contributed by atoms with Crippen LogP contribution in [0.1, 0.15) is 318 Å². The summed E-state index contributed by atoms with van der Waals surface area (Å²) in [4.78, 5) is 44.4. The van der Waals surface area contributed by atoms with Gasteiger partial charge in [0.15, 0.2) is 0 Å². The maximum Gasteiger partial charge on any atom is 0.305 e. The number of hydrogen-bond donors (Lipinski definition) is 0. The van der Waals surface area contributed by atoms with Crippen molar-refractivity contribution in [1.82, 2.24) is 9.80 Å². The lowest BCUT2D eigenvalue weighted by Gasteiger charge is -2.36. The van der Waals surface area contributed by atoms with Gasteiger partial charge in [0.05, 0.1) is 13.2 Å². The summed E-state index contributed by atoms with van der Waals surface area (Å²) in [5, 5.41) is 0. The maximum atomic E-state index is 14.4. The van der Waals surface area contributed by atoms with Crippen molar-refractivity contribution in [2.75, 3.05) is 40.4 Å². The van der Waals surface area contributed by atoms with E-state index in [1.165, 1.54) is 193 Å². The summed E-state index contributed by atoms with van der Waals surface area (Å²) in [5.41, 5.74) is 0. The monoisotopic (exact) mass is 975 g/mol. The highest BCUT2D eigenvalue weighted by molar-refractivity contribution is 5.76. The normalized spacial score (nSPS) is 13.4. The maximum absolute atomic E-state index is 14.4. The molecule has 1 amide bonds. The highest BCUT2D eigenvalue weighted by Crippen LogP contribution is 2.27. The van der Waals surface area contributed by atoms with E-state index in [9.17, 15) is 14.4 Å². The summed E-state index contributed by atoms with van der Waals surface area (Å²) in [6.45, 7) is 16.8. The van der Waals surface area contributed by atoms with E-state index in [2.05, 4.69) is 65.4 Å². The molecule has 0 spiro atoms. The van der Waals surface area contributed by atoms with Gasteiger partial charge in [0.25, 0.3) is 0 Å². The Kier molecular flexibility index (Phi) is 50.1. The van der Waals surface area contributed by atoms with E-state index in [0.717, 1.165) is 77.3 Å². The van der Waals surface area contributed by atoms with Gasteiger partial charge in [-0.25, -0.2) is 0 Å². The second kappa shape index (κ2) is 51.3. The van der Waals surface area contributed by atoms with E-state index in [4.69, 9.17) is 9.47 Å². The minimum atomic E-state index is -0.00320. The Balaban J connectivity index is 5.39. The lowest BCUT2D eigenvalue weighted by atomic mass is 9.92. The van der Waals surface area contributed by atoms with Crippen LogP contribution < -0.4 is 0 Å². The van der Waals surface area contributed by atoms with E-state index in [-0.39, 0.29) is 11.9 Å². The van der Waals surface area contributed by atoms with Gasteiger partial charge in [0, 0.05) is 31.8 Å².